The van der Waals surface area contributed by atoms with E-state index < -0.39 is 23.9 Å². The van der Waals surface area contributed by atoms with E-state index in [9.17, 15) is 19.2 Å². The highest BCUT2D eigenvalue weighted by Gasteiger charge is 2.15. The summed E-state index contributed by atoms with van der Waals surface area (Å²) in [5, 5.41) is 1.49. The minimum Gasteiger partial charge on any atom is -0.494 e. The SMILES string of the molecule is C=CC(=O)OCCCCCCOc1ccc(C(=O)Oc2ccc(OC(=O)c3ccc4cc(OC(=O)C=C)ccc4c3)c(N)c2)cc1. The third-order valence-electron chi connectivity index (χ3n) is 6.64. The molecule has 0 atom stereocenters. The monoisotopic (exact) mass is 623 g/mol. The zero-order chi connectivity index (χ0) is 32.9. The molecule has 0 aliphatic heterocycles. The second-order valence-corrected chi connectivity index (χ2v) is 9.99. The number of anilines is 1. The second kappa shape index (κ2) is 16.2. The van der Waals surface area contributed by atoms with Crippen molar-refractivity contribution in [3.63, 3.8) is 0 Å². The normalized spacial score (nSPS) is 10.4. The van der Waals surface area contributed by atoms with E-state index in [2.05, 4.69) is 13.2 Å². The highest BCUT2D eigenvalue weighted by molar-refractivity contribution is 5.97. The summed E-state index contributed by atoms with van der Waals surface area (Å²) in [6.45, 7) is 7.62. The first kappa shape index (κ1) is 33.0. The molecule has 0 amide bonds. The van der Waals surface area contributed by atoms with E-state index in [-0.39, 0.29) is 22.7 Å². The van der Waals surface area contributed by atoms with Crippen LogP contribution in [0.15, 0.2) is 104 Å². The van der Waals surface area contributed by atoms with Gasteiger partial charge in [0.15, 0.2) is 5.75 Å². The Bertz CT molecular complexity index is 1740. The number of hydrogen-bond acceptors (Lipinski definition) is 10. The molecule has 46 heavy (non-hydrogen) atoms. The lowest BCUT2D eigenvalue weighted by Crippen LogP contribution is -2.11. The van der Waals surface area contributed by atoms with Crippen molar-refractivity contribution >= 4 is 40.3 Å². The van der Waals surface area contributed by atoms with Crippen LogP contribution >= 0.6 is 0 Å². The summed E-state index contributed by atoms with van der Waals surface area (Å²) in [5.74, 6) is -0.940. The summed E-state index contributed by atoms with van der Waals surface area (Å²) < 4.78 is 26.7. The number of esters is 4. The van der Waals surface area contributed by atoms with Crippen molar-refractivity contribution in [3.8, 4) is 23.0 Å². The molecule has 10 heteroatoms. The quantitative estimate of drug-likeness (QED) is 0.0505. The molecule has 0 unspecified atom stereocenters. The van der Waals surface area contributed by atoms with Gasteiger partial charge in [0.2, 0.25) is 0 Å². The summed E-state index contributed by atoms with van der Waals surface area (Å²) in [6, 6.07) is 20.8. The Labute approximate surface area is 266 Å². The van der Waals surface area contributed by atoms with Crippen LogP contribution in [0.25, 0.3) is 10.8 Å². The van der Waals surface area contributed by atoms with Crippen molar-refractivity contribution in [1.82, 2.24) is 0 Å². The van der Waals surface area contributed by atoms with Crippen LogP contribution in [0.4, 0.5) is 5.69 Å². The van der Waals surface area contributed by atoms with Crippen LogP contribution in [0.2, 0.25) is 0 Å². The lowest BCUT2D eigenvalue weighted by atomic mass is 10.1. The largest absolute Gasteiger partial charge is 0.494 e. The molecular weight excluding hydrogens is 590 g/mol. The van der Waals surface area contributed by atoms with Crippen molar-refractivity contribution < 1.29 is 42.9 Å². The van der Waals surface area contributed by atoms with Gasteiger partial charge < -0.3 is 29.4 Å². The number of ether oxygens (including phenoxy) is 5. The van der Waals surface area contributed by atoms with Gasteiger partial charge in [-0.25, -0.2) is 19.2 Å². The predicted molar refractivity (Wildman–Crippen MR) is 172 cm³/mol. The van der Waals surface area contributed by atoms with Gasteiger partial charge in [-0.05, 0) is 97.1 Å². The van der Waals surface area contributed by atoms with Crippen molar-refractivity contribution in [3.05, 3.63) is 115 Å². The number of nitrogens with two attached hydrogens (primary N) is 1. The van der Waals surface area contributed by atoms with Gasteiger partial charge in [0.05, 0.1) is 30.0 Å². The zero-order valence-electron chi connectivity index (χ0n) is 25.1. The fourth-order valence-corrected chi connectivity index (χ4v) is 4.25. The Hall–Kier alpha value is -5.90. The number of rotatable bonds is 15. The van der Waals surface area contributed by atoms with Gasteiger partial charge in [0, 0.05) is 18.2 Å². The Morgan fingerprint density at radius 2 is 1.17 bits per heavy atom. The molecule has 4 rings (SSSR count). The van der Waals surface area contributed by atoms with Gasteiger partial charge in [0.25, 0.3) is 0 Å². The van der Waals surface area contributed by atoms with E-state index in [1.807, 2.05) is 0 Å². The predicted octanol–water partition coefficient (Wildman–Crippen LogP) is 6.62. The summed E-state index contributed by atoms with van der Waals surface area (Å²) in [4.78, 5) is 47.9. The van der Waals surface area contributed by atoms with Crippen LogP contribution in [0, 0.1) is 0 Å². The van der Waals surface area contributed by atoms with Crippen molar-refractivity contribution in [2.75, 3.05) is 18.9 Å². The average molecular weight is 624 g/mol. The average Bonchev–Trinajstić information content (AvgIpc) is 3.06. The molecule has 0 fully saturated rings. The minimum atomic E-state index is -0.630. The molecule has 2 N–H and O–H groups in total. The number of fused-ring (bicyclic) bond motifs is 1. The smallest absolute Gasteiger partial charge is 0.343 e. The summed E-state index contributed by atoms with van der Waals surface area (Å²) in [7, 11) is 0. The third kappa shape index (κ3) is 9.55. The zero-order valence-corrected chi connectivity index (χ0v) is 25.1. The molecule has 0 aliphatic carbocycles. The van der Waals surface area contributed by atoms with E-state index in [1.165, 1.54) is 18.2 Å². The lowest BCUT2D eigenvalue weighted by Gasteiger charge is -2.11. The summed E-state index contributed by atoms with van der Waals surface area (Å²) >= 11 is 0. The molecule has 10 nitrogen and oxygen atoms in total. The first-order valence-electron chi connectivity index (χ1n) is 14.5. The maximum Gasteiger partial charge on any atom is 0.343 e. The van der Waals surface area contributed by atoms with Crippen LogP contribution in [0.1, 0.15) is 46.4 Å². The first-order chi connectivity index (χ1) is 22.2. The minimum absolute atomic E-state index is 0.106. The molecule has 0 spiro atoms. The van der Waals surface area contributed by atoms with Crippen molar-refractivity contribution in [2.24, 2.45) is 0 Å². The van der Waals surface area contributed by atoms with E-state index >= 15 is 0 Å². The van der Waals surface area contributed by atoms with E-state index in [0.717, 1.165) is 48.6 Å². The van der Waals surface area contributed by atoms with Crippen LogP contribution in [-0.4, -0.2) is 37.1 Å². The van der Waals surface area contributed by atoms with E-state index in [1.54, 1.807) is 60.7 Å². The molecule has 0 saturated carbocycles. The van der Waals surface area contributed by atoms with Crippen LogP contribution in [0.5, 0.6) is 23.0 Å². The topological polar surface area (TPSA) is 140 Å². The molecule has 0 heterocycles. The van der Waals surface area contributed by atoms with Crippen molar-refractivity contribution in [1.29, 1.82) is 0 Å². The first-order valence-corrected chi connectivity index (χ1v) is 14.5. The Morgan fingerprint density at radius 3 is 1.89 bits per heavy atom. The second-order valence-electron chi connectivity index (χ2n) is 9.99. The van der Waals surface area contributed by atoms with Gasteiger partial charge in [-0.15, -0.1) is 0 Å². The number of hydrogen-bond donors (Lipinski definition) is 1. The lowest BCUT2D eigenvalue weighted by molar-refractivity contribution is -0.137. The van der Waals surface area contributed by atoms with Crippen molar-refractivity contribution in [2.45, 2.75) is 25.7 Å². The third-order valence-corrected chi connectivity index (χ3v) is 6.64. The molecule has 0 aliphatic rings. The summed E-state index contributed by atoms with van der Waals surface area (Å²) in [6.07, 6.45) is 5.68. The molecule has 4 aromatic carbocycles. The van der Waals surface area contributed by atoms with Gasteiger partial charge in [-0.2, -0.15) is 0 Å². The van der Waals surface area contributed by atoms with Crippen LogP contribution in [-0.2, 0) is 14.3 Å². The highest BCUT2D eigenvalue weighted by atomic mass is 16.5. The molecule has 0 saturated heterocycles. The molecule has 0 aromatic heterocycles. The fourth-order valence-electron chi connectivity index (χ4n) is 4.25. The number of benzene rings is 4. The highest BCUT2D eigenvalue weighted by Crippen LogP contribution is 2.29. The molecular formula is C36H33NO9. The maximum atomic E-state index is 12.8. The van der Waals surface area contributed by atoms with E-state index in [0.29, 0.717) is 30.3 Å². The molecule has 236 valence electrons. The number of unbranched alkanes of at least 4 members (excludes halogenated alkanes) is 3. The Kier molecular flexibility index (Phi) is 11.7. The van der Waals surface area contributed by atoms with Gasteiger partial charge in [-0.1, -0.05) is 25.3 Å². The maximum absolute atomic E-state index is 12.8. The van der Waals surface area contributed by atoms with Gasteiger partial charge in [0.1, 0.15) is 17.2 Å². The Balaban J connectivity index is 1.25. The fraction of sp³-hybridized carbons (Fsp3) is 0.167. The van der Waals surface area contributed by atoms with Gasteiger partial charge in [-0.3, -0.25) is 0 Å². The number of carbonyl (C=O) groups excluding carboxylic acids is 4. The molecule has 0 radical (unpaired) electrons. The number of nitrogen functional groups attached to an aromatic ring is 1. The Morgan fingerprint density at radius 1 is 0.587 bits per heavy atom. The molecule has 4 aromatic rings. The van der Waals surface area contributed by atoms with Crippen LogP contribution < -0.4 is 24.7 Å². The van der Waals surface area contributed by atoms with Gasteiger partial charge >= 0.3 is 23.9 Å². The standard InChI is InChI=1S/C36H33NO9/c1-3-33(38)43-20-8-6-5-7-19-42-28-14-11-24(12-15-28)35(40)45-30-17-18-32(31(37)23-30)46-36(41)27-10-9-26-22-29(44-34(39)4-2)16-13-25(26)21-27/h3-4,9-18,21-23H,1-2,5-8,19-20,37H2. The number of carbonyl (C=O) groups is 4. The summed E-state index contributed by atoms with van der Waals surface area (Å²) in [5.41, 5.74) is 6.80. The molecule has 0 bridgehead atoms. The van der Waals surface area contributed by atoms with E-state index in [4.69, 9.17) is 29.4 Å². The van der Waals surface area contributed by atoms with Crippen LogP contribution in [0.3, 0.4) is 0 Å².